The Kier molecular flexibility index (Phi) is 4.57. The van der Waals surface area contributed by atoms with Crippen molar-refractivity contribution in [2.75, 3.05) is 6.54 Å². The third-order valence-electron chi connectivity index (χ3n) is 3.27. The fourth-order valence-electron chi connectivity index (χ4n) is 2.10. The molecule has 0 N–H and O–H groups in total. The Morgan fingerprint density at radius 2 is 2.11 bits per heavy atom. The fourth-order valence-corrected chi connectivity index (χ4v) is 2.35. The summed E-state index contributed by atoms with van der Waals surface area (Å²) in [5, 5.41) is 0.553. The normalized spacial score (nSPS) is 15.7. The summed E-state index contributed by atoms with van der Waals surface area (Å²) in [7, 11) is 0. The van der Waals surface area contributed by atoms with Gasteiger partial charge in [-0.3, -0.25) is 4.90 Å². The summed E-state index contributed by atoms with van der Waals surface area (Å²) >= 11 is 5.99. The van der Waals surface area contributed by atoms with E-state index in [0.717, 1.165) is 36.6 Å². The summed E-state index contributed by atoms with van der Waals surface area (Å²) in [5.74, 6) is 1.60. The molecule has 3 nitrogen and oxygen atoms in total. The summed E-state index contributed by atoms with van der Waals surface area (Å²) in [5.41, 5.74) is 0.949. The lowest BCUT2D eigenvalue weighted by Gasteiger charge is -2.22. The van der Waals surface area contributed by atoms with Crippen LogP contribution in [0.25, 0.3) is 0 Å². The van der Waals surface area contributed by atoms with E-state index >= 15 is 0 Å². The Morgan fingerprint density at radius 3 is 2.67 bits per heavy atom. The molecule has 0 aliphatic heterocycles. The molecule has 0 unspecified atom stereocenters. The lowest BCUT2D eigenvalue weighted by Crippen LogP contribution is -2.28. The highest BCUT2D eigenvalue weighted by molar-refractivity contribution is 6.29. The second-order valence-electron chi connectivity index (χ2n) is 5.63. The first-order chi connectivity index (χ1) is 8.54. The molecular weight excluding hydrogens is 246 g/mol. The lowest BCUT2D eigenvalue weighted by atomic mass is 10.1. The van der Waals surface area contributed by atoms with Gasteiger partial charge in [0, 0.05) is 11.7 Å². The highest BCUT2D eigenvalue weighted by Gasteiger charge is 2.29. The quantitative estimate of drug-likeness (QED) is 0.740. The van der Waals surface area contributed by atoms with E-state index < -0.39 is 0 Å². The van der Waals surface area contributed by atoms with Crippen LogP contribution in [0.4, 0.5) is 0 Å². The number of rotatable bonds is 6. The number of nitrogens with zero attached hydrogens (tertiary/aromatic N) is 3. The van der Waals surface area contributed by atoms with Crippen LogP contribution >= 0.6 is 11.6 Å². The van der Waals surface area contributed by atoms with Crippen LogP contribution < -0.4 is 0 Å². The van der Waals surface area contributed by atoms with Crippen molar-refractivity contribution in [3.05, 3.63) is 22.7 Å². The van der Waals surface area contributed by atoms with E-state index in [9.17, 15) is 0 Å². The molecule has 1 heterocycles. The molecule has 0 bridgehead atoms. The summed E-state index contributed by atoms with van der Waals surface area (Å²) in [6.07, 6.45) is 3.87. The fraction of sp³-hybridized carbons (Fsp3) is 0.714. The van der Waals surface area contributed by atoms with Gasteiger partial charge >= 0.3 is 0 Å². The standard InChI is InChI=1S/C14H22ClN3/c1-10(2)6-7-18(12-4-5-12)9-14-16-11(3)8-13(15)17-14/h8,10,12H,4-7,9H2,1-3H3. The SMILES string of the molecule is Cc1cc(Cl)nc(CN(CCC(C)C)C2CC2)n1. The topological polar surface area (TPSA) is 29.0 Å². The summed E-state index contributed by atoms with van der Waals surface area (Å²) in [4.78, 5) is 11.3. The zero-order valence-corrected chi connectivity index (χ0v) is 12.2. The average molecular weight is 268 g/mol. The molecule has 1 saturated carbocycles. The van der Waals surface area contributed by atoms with E-state index in [2.05, 4.69) is 28.7 Å². The molecule has 0 atom stereocenters. The largest absolute Gasteiger partial charge is 0.293 e. The van der Waals surface area contributed by atoms with E-state index in [1.54, 1.807) is 6.07 Å². The molecule has 1 aliphatic carbocycles. The Morgan fingerprint density at radius 1 is 1.39 bits per heavy atom. The number of aromatic nitrogens is 2. The molecule has 100 valence electrons. The van der Waals surface area contributed by atoms with Crippen molar-refractivity contribution >= 4 is 11.6 Å². The Labute approximate surface area is 115 Å². The average Bonchev–Trinajstić information content (AvgIpc) is 3.06. The van der Waals surface area contributed by atoms with Crippen LogP contribution in [0.3, 0.4) is 0 Å². The van der Waals surface area contributed by atoms with Crippen LogP contribution in [0.2, 0.25) is 5.15 Å². The van der Waals surface area contributed by atoms with Crippen LogP contribution in [-0.4, -0.2) is 27.5 Å². The molecule has 0 radical (unpaired) electrons. The third-order valence-corrected chi connectivity index (χ3v) is 3.46. The van der Waals surface area contributed by atoms with Gasteiger partial charge in [-0.1, -0.05) is 25.4 Å². The molecule has 1 aromatic rings. The second kappa shape index (κ2) is 5.98. The van der Waals surface area contributed by atoms with Crippen LogP contribution in [0, 0.1) is 12.8 Å². The zero-order valence-electron chi connectivity index (χ0n) is 11.5. The van der Waals surface area contributed by atoms with Crippen LogP contribution in [0.5, 0.6) is 0 Å². The zero-order chi connectivity index (χ0) is 13.1. The lowest BCUT2D eigenvalue weighted by molar-refractivity contribution is 0.233. The van der Waals surface area contributed by atoms with E-state index in [0.29, 0.717) is 5.15 Å². The summed E-state index contributed by atoms with van der Waals surface area (Å²) < 4.78 is 0. The van der Waals surface area contributed by atoms with E-state index in [-0.39, 0.29) is 0 Å². The maximum atomic E-state index is 5.99. The number of aryl methyl sites for hydroxylation is 1. The summed E-state index contributed by atoms with van der Waals surface area (Å²) in [6.45, 7) is 8.47. The molecule has 18 heavy (non-hydrogen) atoms. The van der Waals surface area contributed by atoms with Crippen molar-refractivity contribution in [3.8, 4) is 0 Å². The Hall–Kier alpha value is -0.670. The highest BCUT2D eigenvalue weighted by Crippen LogP contribution is 2.28. The number of hydrogen-bond acceptors (Lipinski definition) is 3. The Balaban J connectivity index is 1.99. The van der Waals surface area contributed by atoms with Gasteiger partial charge in [0.05, 0.1) is 6.54 Å². The minimum atomic E-state index is 0.553. The van der Waals surface area contributed by atoms with Crippen LogP contribution in [-0.2, 0) is 6.54 Å². The highest BCUT2D eigenvalue weighted by atomic mass is 35.5. The predicted molar refractivity (Wildman–Crippen MR) is 74.7 cm³/mol. The van der Waals surface area contributed by atoms with Crippen molar-refractivity contribution in [1.29, 1.82) is 0 Å². The molecule has 1 aliphatic rings. The molecule has 0 spiro atoms. The minimum absolute atomic E-state index is 0.553. The van der Waals surface area contributed by atoms with E-state index in [1.807, 2.05) is 6.92 Å². The first-order valence-electron chi connectivity index (χ1n) is 6.78. The maximum Gasteiger partial charge on any atom is 0.144 e. The van der Waals surface area contributed by atoms with Gasteiger partial charge in [0.2, 0.25) is 0 Å². The number of halogens is 1. The molecule has 1 aromatic heterocycles. The second-order valence-corrected chi connectivity index (χ2v) is 6.02. The Bertz CT molecular complexity index is 382. The van der Waals surface area contributed by atoms with Gasteiger partial charge < -0.3 is 0 Å². The van der Waals surface area contributed by atoms with Crippen molar-refractivity contribution < 1.29 is 0 Å². The molecule has 4 heteroatoms. The van der Waals surface area contributed by atoms with Gasteiger partial charge in [-0.2, -0.15) is 0 Å². The molecular formula is C14H22ClN3. The summed E-state index contributed by atoms with van der Waals surface area (Å²) in [6, 6.07) is 2.55. The van der Waals surface area contributed by atoms with Crippen molar-refractivity contribution in [2.24, 2.45) is 5.92 Å². The first-order valence-corrected chi connectivity index (χ1v) is 7.16. The van der Waals surface area contributed by atoms with E-state index in [1.165, 1.54) is 19.3 Å². The van der Waals surface area contributed by atoms with Gasteiger partial charge in [0.25, 0.3) is 0 Å². The smallest absolute Gasteiger partial charge is 0.144 e. The van der Waals surface area contributed by atoms with Crippen molar-refractivity contribution in [2.45, 2.75) is 52.6 Å². The van der Waals surface area contributed by atoms with Crippen molar-refractivity contribution in [1.82, 2.24) is 14.9 Å². The molecule has 0 aromatic carbocycles. The third kappa shape index (κ3) is 4.21. The van der Waals surface area contributed by atoms with Crippen molar-refractivity contribution in [3.63, 3.8) is 0 Å². The minimum Gasteiger partial charge on any atom is -0.293 e. The van der Waals surface area contributed by atoms with E-state index in [4.69, 9.17) is 11.6 Å². The van der Waals surface area contributed by atoms with Gasteiger partial charge in [-0.15, -0.1) is 0 Å². The van der Waals surface area contributed by atoms with Gasteiger partial charge in [-0.05, 0) is 44.7 Å². The maximum absolute atomic E-state index is 5.99. The molecule has 0 amide bonds. The number of hydrogen-bond donors (Lipinski definition) is 0. The molecule has 0 saturated heterocycles. The monoisotopic (exact) mass is 267 g/mol. The van der Waals surface area contributed by atoms with Gasteiger partial charge in [-0.25, -0.2) is 9.97 Å². The van der Waals surface area contributed by atoms with Gasteiger partial charge in [0.15, 0.2) is 0 Å². The molecule has 1 fully saturated rings. The van der Waals surface area contributed by atoms with Gasteiger partial charge in [0.1, 0.15) is 11.0 Å². The van der Waals surface area contributed by atoms with Crippen LogP contribution in [0.1, 0.15) is 44.6 Å². The van der Waals surface area contributed by atoms with Crippen LogP contribution in [0.15, 0.2) is 6.07 Å². The predicted octanol–water partition coefficient (Wildman–Crippen LogP) is 3.45. The molecule has 2 rings (SSSR count). The first kappa shape index (κ1) is 13.8.